The van der Waals surface area contributed by atoms with Gasteiger partial charge in [0, 0.05) is 24.8 Å². The molecule has 3 atom stereocenters. The average molecular weight is 512 g/mol. The lowest BCUT2D eigenvalue weighted by molar-refractivity contribution is -0.115. The van der Waals surface area contributed by atoms with Crippen molar-refractivity contribution >= 4 is 28.3 Å². The Morgan fingerprint density at radius 3 is 2.31 bits per heavy atom. The zero-order valence-corrected chi connectivity index (χ0v) is 23.0. The van der Waals surface area contributed by atoms with Crippen LogP contribution in [-0.4, -0.2) is 33.5 Å². The van der Waals surface area contributed by atoms with Gasteiger partial charge in [-0.1, -0.05) is 44.5 Å². The van der Waals surface area contributed by atoms with Gasteiger partial charge in [-0.3, -0.25) is 9.00 Å². The van der Waals surface area contributed by atoms with E-state index in [1.165, 1.54) is 0 Å². The number of hydrogen-bond acceptors (Lipinski definition) is 6. The SMILES string of the molecule is CCOC(=O)OC1=C(c2c(CC)cc(C)cc2CC)C(=O)CC(C(C)CS(=O)c2ccc(C)cn2)C1. The maximum atomic E-state index is 13.7. The third-order valence-electron chi connectivity index (χ3n) is 6.72. The predicted octanol–water partition coefficient (Wildman–Crippen LogP) is 6.13. The molecule has 3 rings (SSSR count). The quantitative estimate of drug-likeness (QED) is 0.377. The lowest BCUT2D eigenvalue weighted by Gasteiger charge is -2.31. The zero-order valence-electron chi connectivity index (χ0n) is 22.2. The van der Waals surface area contributed by atoms with E-state index in [4.69, 9.17) is 9.47 Å². The van der Waals surface area contributed by atoms with Crippen LogP contribution in [0.5, 0.6) is 0 Å². The highest BCUT2D eigenvalue weighted by Crippen LogP contribution is 2.40. The fourth-order valence-electron chi connectivity index (χ4n) is 4.80. The molecule has 0 bridgehead atoms. The number of rotatable bonds is 9. The van der Waals surface area contributed by atoms with Crippen LogP contribution in [0.1, 0.15) is 68.4 Å². The first kappa shape index (κ1) is 27.8. The minimum absolute atomic E-state index is 0.0467. The van der Waals surface area contributed by atoms with Crippen LogP contribution in [0.3, 0.4) is 0 Å². The Labute approximate surface area is 217 Å². The van der Waals surface area contributed by atoms with E-state index in [1.54, 1.807) is 19.2 Å². The van der Waals surface area contributed by atoms with E-state index in [9.17, 15) is 13.8 Å². The maximum absolute atomic E-state index is 13.7. The Kier molecular flexibility index (Phi) is 9.60. The lowest BCUT2D eigenvalue weighted by Crippen LogP contribution is -2.29. The molecular weight excluding hydrogens is 474 g/mol. The first-order valence-electron chi connectivity index (χ1n) is 12.7. The van der Waals surface area contributed by atoms with Gasteiger partial charge in [-0.25, -0.2) is 9.78 Å². The summed E-state index contributed by atoms with van der Waals surface area (Å²) in [6.07, 6.45) is 3.14. The molecule has 1 aliphatic carbocycles. The molecule has 0 saturated heterocycles. The van der Waals surface area contributed by atoms with Gasteiger partial charge in [-0.05, 0) is 73.8 Å². The molecule has 1 aliphatic rings. The van der Waals surface area contributed by atoms with Crippen molar-refractivity contribution in [2.45, 2.75) is 72.3 Å². The van der Waals surface area contributed by atoms with E-state index in [0.29, 0.717) is 35.0 Å². The van der Waals surface area contributed by atoms with Crippen LogP contribution in [0.25, 0.3) is 5.57 Å². The molecule has 1 aromatic heterocycles. The van der Waals surface area contributed by atoms with Crippen LogP contribution in [0.2, 0.25) is 0 Å². The molecule has 0 aliphatic heterocycles. The van der Waals surface area contributed by atoms with Crippen LogP contribution in [0.15, 0.2) is 41.2 Å². The highest BCUT2D eigenvalue weighted by molar-refractivity contribution is 7.84. The van der Waals surface area contributed by atoms with Crippen LogP contribution in [0.4, 0.5) is 4.79 Å². The summed E-state index contributed by atoms with van der Waals surface area (Å²) in [5.41, 5.74) is 5.66. The van der Waals surface area contributed by atoms with Gasteiger partial charge in [0.05, 0.1) is 23.0 Å². The van der Waals surface area contributed by atoms with Gasteiger partial charge in [-0.2, -0.15) is 0 Å². The number of ketones is 1. The summed E-state index contributed by atoms with van der Waals surface area (Å²) in [6.45, 7) is 12.0. The van der Waals surface area contributed by atoms with Crippen LogP contribution >= 0.6 is 0 Å². The average Bonchev–Trinajstić information content (AvgIpc) is 2.84. The molecule has 0 N–H and O–H groups in total. The number of hydrogen-bond donors (Lipinski definition) is 0. The number of pyridine rings is 1. The van der Waals surface area contributed by atoms with Gasteiger partial charge in [0.15, 0.2) is 5.78 Å². The lowest BCUT2D eigenvalue weighted by atomic mass is 9.76. The number of ether oxygens (including phenoxy) is 2. The van der Waals surface area contributed by atoms with Gasteiger partial charge in [0.1, 0.15) is 10.8 Å². The van der Waals surface area contributed by atoms with Gasteiger partial charge in [0.2, 0.25) is 0 Å². The summed E-state index contributed by atoms with van der Waals surface area (Å²) in [6, 6.07) is 7.88. The van der Waals surface area contributed by atoms with Gasteiger partial charge < -0.3 is 9.47 Å². The zero-order chi connectivity index (χ0) is 26.4. The van der Waals surface area contributed by atoms with Crippen molar-refractivity contribution in [1.82, 2.24) is 4.98 Å². The smallest absolute Gasteiger partial charge is 0.434 e. The number of allylic oxidation sites excluding steroid dienone is 2. The second-order valence-corrected chi connectivity index (χ2v) is 10.9. The number of aromatic nitrogens is 1. The van der Waals surface area contributed by atoms with Gasteiger partial charge >= 0.3 is 6.16 Å². The Morgan fingerprint density at radius 1 is 1.08 bits per heavy atom. The van der Waals surface area contributed by atoms with Crippen molar-refractivity contribution in [3.63, 3.8) is 0 Å². The van der Waals surface area contributed by atoms with Crippen molar-refractivity contribution in [1.29, 1.82) is 0 Å². The van der Waals surface area contributed by atoms with E-state index in [0.717, 1.165) is 40.7 Å². The monoisotopic (exact) mass is 511 g/mol. The Hall–Kier alpha value is -2.80. The third kappa shape index (κ3) is 6.49. The summed E-state index contributed by atoms with van der Waals surface area (Å²) in [4.78, 5) is 30.4. The summed E-state index contributed by atoms with van der Waals surface area (Å²) < 4.78 is 23.7. The van der Waals surface area contributed by atoms with Crippen molar-refractivity contribution in [3.8, 4) is 0 Å². The second-order valence-electron chi connectivity index (χ2n) is 9.50. The summed E-state index contributed by atoms with van der Waals surface area (Å²) in [7, 11) is -1.29. The van der Waals surface area contributed by atoms with Crippen molar-refractivity contribution in [3.05, 3.63) is 64.0 Å². The summed E-state index contributed by atoms with van der Waals surface area (Å²) in [5.74, 6) is 0.523. The molecule has 0 radical (unpaired) electrons. The first-order valence-corrected chi connectivity index (χ1v) is 14.0. The normalized spacial score (nSPS) is 17.6. The third-order valence-corrected chi connectivity index (χ3v) is 8.25. The highest BCUT2D eigenvalue weighted by Gasteiger charge is 2.36. The van der Waals surface area contributed by atoms with Crippen molar-refractivity contribution < 1.29 is 23.3 Å². The number of nitrogens with zero attached hydrogens (tertiary/aromatic N) is 1. The van der Waals surface area contributed by atoms with E-state index in [2.05, 4.69) is 37.9 Å². The molecule has 194 valence electrons. The number of aryl methyl sites for hydroxylation is 4. The molecule has 7 heteroatoms. The molecule has 6 nitrogen and oxygen atoms in total. The van der Waals surface area contributed by atoms with Crippen LogP contribution in [0, 0.1) is 25.7 Å². The van der Waals surface area contributed by atoms with Crippen molar-refractivity contribution in [2.75, 3.05) is 12.4 Å². The molecule has 1 heterocycles. The molecule has 3 unspecified atom stereocenters. The second kappa shape index (κ2) is 12.4. The van der Waals surface area contributed by atoms with Crippen LogP contribution in [-0.2, 0) is 37.9 Å². The number of carbonyl (C=O) groups is 2. The Bertz CT molecular complexity index is 1140. The number of benzene rings is 1. The Balaban J connectivity index is 1.98. The van der Waals surface area contributed by atoms with Gasteiger partial charge in [-0.15, -0.1) is 0 Å². The number of Topliss-reactive ketones (excluding diaryl/α,β-unsaturated/α-hetero) is 1. The van der Waals surface area contributed by atoms with E-state index in [-0.39, 0.29) is 24.2 Å². The van der Waals surface area contributed by atoms with E-state index >= 15 is 0 Å². The predicted molar refractivity (Wildman–Crippen MR) is 142 cm³/mol. The van der Waals surface area contributed by atoms with Crippen LogP contribution < -0.4 is 0 Å². The Morgan fingerprint density at radius 2 is 1.75 bits per heavy atom. The molecule has 1 aromatic carbocycles. The molecular formula is C29H37NO5S. The molecule has 36 heavy (non-hydrogen) atoms. The van der Waals surface area contributed by atoms with Crippen molar-refractivity contribution in [2.24, 2.45) is 11.8 Å². The minimum atomic E-state index is -1.29. The molecule has 0 spiro atoms. The van der Waals surface area contributed by atoms with E-state index in [1.807, 2.05) is 19.9 Å². The molecule has 0 saturated carbocycles. The minimum Gasteiger partial charge on any atom is -0.434 e. The van der Waals surface area contributed by atoms with Gasteiger partial charge in [0.25, 0.3) is 0 Å². The molecule has 2 aromatic rings. The summed E-state index contributed by atoms with van der Waals surface area (Å²) in [5, 5.41) is 0.536. The maximum Gasteiger partial charge on any atom is 0.513 e. The highest BCUT2D eigenvalue weighted by atomic mass is 32.2. The largest absolute Gasteiger partial charge is 0.513 e. The molecule has 0 amide bonds. The summed E-state index contributed by atoms with van der Waals surface area (Å²) >= 11 is 0. The fourth-order valence-corrected chi connectivity index (χ4v) is 6.11. The number of carbonyl (C=O) groups excluding carboxylic acids is 2. The standard InChI is InChI=1S/C29H37NO5S/c1-7-21-12-19(5)13-22(8-2)27(21)28-24(31)14-23(15-25(28)35-29(32)34-9-3)20(6)17-36(33)26-11-10-18(4)16-30-26/h10-13,16,20,23H,7-9,14-15,17H2,1-6H3. The fraction of sp³-hybridized carbons (Fsp3) is 0.483. The van der Waals surface area contributed by atoms with E-state index < -0.39 is 17.0 Å². The first-order chi connectivity index (χ1) is 17.2. The molecule has 0 fully saturated rings. The topological polar surface area (TPSA) is 82.6 Å².